The van der Waals surface area contributed by atoms with E-state index in [1.54, 1.807) is 12.3 Å². The molecule has 2 heterocycles. The van der Waals surface area contributed by atoms with Crippen LogP contribution in [0.4, 0.5) is 20.7 Å². The zero-order chi connectivity index (χ0) is 14.4. The summed E-state index contributed by atoms with van der Waals surface area (Å²) >= 11 is 3.45. The van der Waals surface area contributed by atoms with Gasteiger partial charge in [0.05, 0.1) is 29.6 Å². The van der Waals surface area contributed by atoms with Crippen molar-refractivity contribution in [2.45, 2.75) is 0 Å². The molecule has 2 rings (SSSR count). The van der Waals surface area contributed by atoms with Gasteiger partial charge in [-0.25, -0.2) is 14.2 Å². The van der Waals surface area contributed by atoms with Gasteiger partial charge < -0.3 is 20.3 Å². The van der Waals surface area contributed by atoms with Crippen LogP contribution in [-0.2, 0) is 4.74 Å². The number of halogens is 2. The number of ether oxygens (including phenoxy) is 1. The molecule has 0 spiro atoms. The van der Waals surface area contributed by atoms with Gasteiger partial charge in [0, 0.05) is 19.6 Å². The number of amides is 2. The van der Waals surface area contributed by atoms with Gasteiger partial charge in [-0.15, -0.1) is 0 Å². The van der Waals surface area contributed by atoms with E-state index in [0.29, 0.717) is 18.9 Å². The maximum absolute atomic E-state index is 11.9. The zero-order valence-electron chi connectivity index (χ0n) is 10.9. The third kappa shape index (κ3) is 4.04. The smallest absolute Gasteiger partial charge is 0.319 e. The summed E-state index contributed by atoms with van der Waals surface area (Å²) in [6.45, 7) is 2.34. The van der Waals surface area contributed by atoms with E-state index in [1.165, 1.54) is 0 Å². The summed E-state index contributed by atoms with van der Waals surface area (Å²) in [7, 11) is 0. The molecule has 1 saturated heterocycles. The van der Waals surface area contributed by atoms with Crippen LogP contribution in [0.15, 0.2) is 16.7 Å². The Kier molecular flexibility index (Phi) is 5.54. The fourth-order valence-electron chi connectivity index (χ4n) is 1.84. The first-order valence-corrected chi connectivity index (χ1v) is 7.09. The molecule has 2 amide bonds. The van der Waals surface area contributed by atoms with Crippen molar-refractivity contribution in [1.82, 2.24) is 10.3 Å². The van der Waals surface area contributed by atoms with Crippen molar-refractivity contribution in [2.75, 3.05) is 49.7 Å². The van der Waals surface area contributed by atoms with E-state index in [1.807, 2.05) is 0 Å². The van der Waals surface area contributed by atoms with Gasteiger partial charge in [0.15, 0.2) is 0 Å². The third-order valence-electron chi connectivity index (χ3n) is 2.77. The lowest BCUT2D eigenvalue weighted by Gasteiger charge is -2.28. The highest BCUT2D eigenvalue weighted by molar-refractivity contribution is 9.10. The van der Waals surface area contributed by atoms with Crippen LogP contribution in [-0.4, -0.2) is 50.5 Å². The Morgan fingerprint density at radius 3 is 2.90 bits per heavy atom. The number of nitrogens with one attached hydrogen (secondary N) is 2. The van der Waals surface area contributed by atoms with Crippen LogP contribution in [0.2, 0.25) is 0 Å². The summed E-state index contributed by atoms with van der Waals surface area (Å²) < 4.78 is 18.0. The first kappa shape index (κ1) is 15.0. The molecular weight excluding hydrogens is 331 g/mol. The number of pyridine rings is 1. The predicted octanol–water partition coefficient (Wildman–Crippen LogP) is 1.77. The molecule has 0 aromatic carbocycles. The number of hydrogen-bond acceptors (Lipinski definition) is 4. The van der Waals surface area contributed by atoms with Crippen molar-refractivity contribution in [2.24, 2.45) is 0 Å². The number of aromatic nitrogens is 1. The maximum Gasteiger partial charge on any atom is 0.319 e. The van der Waals surface area contributed by atoms with Gasteiger partial charge in [-0.3, -0.25) is 0 Å². The molecule has 0 bridgehead atoms. The Balaban J connectivity index is 1.99. The molecule has 0 aliphatic carbocycles. The topological polar surface area (TPSA) is 66.5 Å². The number of carbonyl (C=O) groups is 1. The highest BCUT2D eigenvalue weighted by atomic mass is 79.9. The number of alkyl halides is 1. The monoisotopic (exact) mass is 346 g/mol. The second kappa shape index (κ2) is 7.39. The molecule has 1 aliphatic rings. The van der Waals surface area contributed by atoms with Crippen LogP contribution < -0.4 is 15.5 Å². The number of rotatable bonds is 4. The number of anilines is 2. The lowest BCUT2D eigenvalue weighted by Crippen LogP contribution is -2.37. The molecule has 0 atom stereocenters. The van der Waals surface area contributed by atoms with Crippen molar-refractivity contribution in [3.05, 3.63) is 16.7 Å². The summed E-state index contributed by atoms with van der Waals surface area (Å²) in [5.74, 6) is 0.822. The van der Waals surface area contributed by atoms with Gasteiger partial charge in [0.25, 0.3) is 0 Å². The summed E-state index contributed by atoms with van der Waals surface area (Å²) in [6, 6.07) is 1.32. The number of hydrogen-bond donors (Lipinski definition) is 2. The zero-order valence-corrected chi connectivity index (χ0v) is 12.5. The fraction of sp³-hybridized carbons (Fsp3) is 0.500. The lowest BCUT2D eigenvalue weighted by molar-refractivity contribution is 0.122. The average Bonchev–Trinajstić information content (AvgIpc) is 2.46. The Hall–Kier alpha value is -1.41. The van der Waals surface area contributed by atoms with Gasteiger partial charge >= 0.3 is 6.03 Å². The molecule has 110 valence electrons. The second-order valence-corrected chi connectivity index (χ2v) is 5.05. The number of carbonyl (C=O) groups excluding carboxylic acids is 1. The normalized spacial score (nSPS) is 15.0. The minimum Gasteiger partial charge on any atom is -0.378 e. The highest BCUT2D eigenvalue weighted by Crippen LogP contribution is 2.27. The van der Waals surface area contributed by atoms with E-state index in [0.717, 1.165) is 23.4 Å². The van der Waals surface area contributed by atoms with Gasteiger partial charge in [0.2, 0.25) is 0 Å². The number of morpholine rings is 1. The molecule has 2 N–H and O–H groups in total. The molecule has 1 aliphatic heterocycles. The molecule has 8 heteroatoms. The molecule has 6 nitrogen and oxygen atoms in total. The van der Waals surface area contributed by atoms with Crippen LogP contribution >= 0.6 is 15.9 Å². The molecule has 0 saturated carbocycles. The van der Waals surface area contributed by atoms with Crippen LogP contribution in [0.1, 0.15) is 0 Å². The van der Waals surface area contributed by atoms with Crippen molar-refractivity contribution < 1.29 is 13.9 Å². The van der Waals surface area contributed by atoms with E-state index in [-0.39, 0.29) is 6.54 Å². The van der Waals surface area contributed by atoms with E-state index < -0.39 is 12.7 Å². The van der Waals surface area contributed by atoms with Crippen molar-refractivity contribution >= 4 is 33.5 Å². The van der Waals surface area contributed by atoms with E-state index in [2.05, 4.69) is 36.4 Å². The van der Waals surface area contributed by atoms with Gasteiger partial charge in [-0.2, -0.15) is 0 Å². The Morgan fingerprint density at radius 2 is 2.25 bits per heavy atom. The van der Waals surface area contributed by atoms with E-state index in [4.69, 9.17) is 4.74 Å². The van der Waals surface area contributed by atoms with Crippen LogP contribution in [0.5, 0.6) is 0 Å². The average molecular weight is 347 g/mol. The molecule has 0 radical (unpaired) electrons. The molecule has 1 aromatic heterocycles. The molecule has 1 fully saturated rings. The Labute approximate surface area is 124 Å². The van der Waals surface area contributed by atoms with E-state index >= 15 is 0 Å². The molecular formula is C12H16BrFN4O2. The van der Waals surface area contributed by atoms with Crippen LogP contribution in [0.3, 0.4) is 0 Å². The lowest BCUT2D eigenvalue weighted by atomic mass is 10.3. The van der Waals surface area contributed by atoms with Crippen molar-refractivity contribution in [3.8, 4) is 0 Å². The highest BCUT2D eigenvalue weighted by Gasteiger charge is 2.15. The van der Waals surface area contributed by atoms with Crippen molar-refractivity contribution in [1.29, 1.82) is 0 Å². The first-order valence-electron chi connectivity index (χ1n) is 6.30. The quantitative estimate of drug-likeness (QED) is 0.871. The largest absolute Gasteiger partial charge is 0.378 e. The SMILES string of the molecule is O=C(NCCF)Nc1cnc(N2CCOCC2)c(Br)c1. The number of urea groups is 1. The standard InChI is InChI=1S/C12H16BrFN4O2/c13-10-7-9(17-12(19)15-2-1-14)8-16-11(10)18-3-5-20-6-4-18/h7-8H,1-6H2,(H2,15,17,19). The minimum absolute atomic E-state index is 0.00765. The van der Waals surface area contributed by atoms with Crippen LogP contribution in [0, 0.1) is 0 Å². The van der Waals surface area contributed by atoms with Crippen molar-refractivity contribution in [3.63, 3.8) is 0 Å². The van der Waals surface area contributed by atoms with Gasteiger partial charge in [-0.05, 0) is 22.0 Å². The summed E-state index contributed by atoms with van der Waals surface area (Å²) in [4.78, 5) is 17.9. The first-order chi connectivity index (χ1) is 9.70. The van der Waals surface area contributed by atoms with Crippen LogP contribution in [0.25, 0.3) is 0 Å². The number of nitrogens with zero attached hydrogens (tertiary/aromatic N) is 2. The molecule has 20 heavy (non-hydrogen) atoms. The van der Waals surface area contributed by atoms with Gasteiger partial charge in [0.1, 0.15) is 12.5 Å². The van der Waals surface area contributed by atoms with Gasteiger partial charge in [-0.1, -0.05) is 0 Å². The maximum atomic E-state index is 11.9. The summed E-state index contributed by atoms with van der Waals surface area (Å²) in [5, 5.41) is 4.98. The predicted molar refractivity (Wildman–Crippen MR) is 78.0 cm³/mol. The minimum atomic E-state index is -0.592. The molecule has 1 aromatic rings. The Morgan fingerprint density at radius 1 is 1.50 bits per heavy atom. The molecule has 0 unspecified atom stereocenters. The fourth-order valence-corrected chi connectivity index (χ4v) is 2.44. The summed E-state index contributed by atoms with van der Waals surface area (Å²) in [6.07, 6.45) is 1.57. The second-order valence-electron chi connectivity index (χ2n) is 4.20. The summed E-state index contributed by atoms with van der Waals surface area (Å²) in [5.41, 5.74) is 0.547. The van der Waals surface area contributed by atoms with E-state index in [9.17, 15) is 9.18 Å². The third-order valence-corrected chi connectivity index (χ3v) is 3.35. The Bertz CT molecular complexity index is 469.